The summed E-state index contributed by atoms with van der Waals surface area (Å²) in [6.45, 7) is 0.378. The van der Waals surface area contributed by atoms with E-state index in [-0.39, 0.29) is 24.8 Å². The van der Waals surface area contributed by atoms with E-state index in [0.717, 1.165) is 11.0 Å². The second kappa shape index (κ2) is 8.47. The van der Waals surface area contributed by atoms with Gasteiger partial charge in [0.1, 0.15) is 5.82 Å². The topological polar surface area (TPSA) is 68.1 Å². The van der Waals surface area contributed by atoms with E-state index in [2.05, 4.69) is 9.97 Å². The molecule has 0 aliphatic rings. The van der Waals surface area contributed by atoms with E-state index in [4.69, 9.17) is 11.6 Å². The lowest BCUT2D eigenvalue weighted by Gasteiger charge is -2.18. The lowest BCUT2D eigenvalue weighted by atomic mass is 10.1. The van der Waals surface area contributed by atoms with Gasteiger partial charge in [-0.15, -0.1) is 0 Å². The third kappa shape index (κ3) is 4.09. The van der Waals surface area contributed by atoms with E-state index in [9.17, 15) is 9.59 Å². The van der Waals surface area contributed by atoms with Crippen LogP contribution in [0, 0.1) is 0 Å². The summed E-state index contributed by atoms with van der Waals surface area (Å²) >= 11 is 5.93. The van der Waals surface area contributed by atoms with E-state index in [1.165, 1.54) is 6.20 Å². The number of pyridine rings is 1. The quantitative estimate of drug-likeness (QED) is 0.439. The number of fused-ring (bicyclic) bond motifs is 1. The highest BCUT2D eigenvalue weighted by atomic mass is 35.5. The van der Waals surface area contributed by atoms with Crippen molar-refractivity contribution < 1.29 is 9.59 Å². The average Bonchev–Trinajstić information content (AvgIpc) is 3.11. The average molecular weight is 419 g/mol. The number of amides is 1. The van der Waals surface area contributed by atoms with Crippen LogP contribution in [-0.2, 0) is 13.1 Å². The van der Waals surface area contributed by atoms with Crippen LogP contribution in [0.1, 0.15) is 26.5 Å². The van der Waals surface area contributed by atoms with E-state index < -0.39 is 0 Å². The van der Waals surface area contributed by atoms with Crippen molar-refractivity contribution in [3.05, 3.63) is 95.0 Å². The monoisotopic (exact) mass is 418 g/mol. The van der Waals surface area contributed by atoms with Crippen molar-refractivity contribution in [1.29, 1.82) is 0 Å². The Morgan fingerprint density at radius 2 is 1.77 bits per heavy atom. The fourth-order valence-electron chi connectivity index (χ4n) is 3.29. The summed E-state index contributed by atoms with van der Waals surface area (Å²) in [5.74, 6) is 0.418. The molecule has 1 amide bonds. The molecule has 0 N–H and O–H groups in total. The van der Waals surface area contributed by atoms with Crippen LogP contribution in [0.4, 0.5) is 0 Å². The Bertz CT molecular complexity index is 1200. The van der Waals surface area contributed by atoms with Gasteiger partial charge in [-0.25, -0.2) is 4.98 Å². The van der Waals surface area contributed by atoms with Crippen molar-refractivity contribution in [2.45, 2.75) is 13.1 Å². The predicted molar refractivity (Wildman–Crippen MR) is 116 cm³/mol. The molecular weight excluding hydrogens is 400 g/mol. The van der Waals surface area contributed by atoms with Crippen LogP contribution in [0.25, 0.3) is 11.0 Å². The van der Waals surface area contributed by atoms with Gasteiger partial charge in [-0.05, 0) is 48.5 Å². The number of Topliss-reactive ketones (excluding diaryl/α,β-unsaturated/α-hetero) is 1. The molecule has 4 aromatic rings. The summed E-state index contributed by atoms with van der Waals surface area (Å²) in [5.41, 5.74) is 2.69. The van der Waals surface area contributed by atoms with Crippen molar-refractivity contribution in [3.8, 4) is 0 Å². The minimum absolute atomic E-state index is 0.0580. The molecule has 0 aliphatic carbocycles. The van der Waals surface area contributed by atoms with E-state index in [1.54, 1.807) is 54.5 Å². The van der Waals surface area contributed by atoms with Crippen LogP contribution in [0.3, 0.4) is 0 Å². The molecule has 2 heterocycles. The molecule has 0 unspecified atom stereocenters. The van der Waals surface area contributed by atoms with Gasteiger partial charge in [0, 0.05) is 30.0 Å². The van der Waals surface area contributed by atoms with Crippen LogP contribution in [0.5, 0.6) is 0 Å². The molecule has 6 nitrogen and oxygen atoms in total. The van der Waals surface area contributed by atoms with Gasteiger partial charge in [0.25, 0.3) is 5.91 Å². The molecule has 150 valence electrons. The van der Waals surface area contributed by atoms with Crippen molar-refractivity contribution in [2.24, 2.45) is 0 Å². The molecule has 2 aromatic heterocycles. The van der Waals surface area contributed by atoms with Crippen LogP contribution < -0.4 is 0 Å². The lowest BCUT2D eigenvalue weighted by Crippen LogP contribution is -2.28. The largest absolute Gasteiger partial charge is 0.334 e. The highest BCUT2D eigenvalue weighted by Gasteiger charge is 2.19. The minimum Gasteiger partial charge on any atom is -0.334 e. The number of para-hydroxylation sites is 2. The van der Waals surface area contributed by atoms with Gasteiger partial charge in [-0.1, -0.05) is 23.7 Å². The van der Waals surface area contributed by atoms with Crippen LogP contribution in [-0.4, -0.2) is 38.2 Å². The van der Waals surface area contributed by atoms with Crippen molar-refractivity contribution in [3.63, 3.8) is 0 Å². The van der Waals surface area contributed by atoms with Crippen LogP contribution >= 0.6 is 11.6 Å². The number of imidazole rings is 1. The highest BCUT2D eigenvalue weighted by molar-refractivity contribution is 6.30. The van der Waals surface area contributed by atoms with E-state index in [0.29, 0.717) is 22.0 Å². The maximum Gasteiger partial charge on any atom is 0.255 e. The van der Waals surface area contributed by atoms with E-state index >= 15 is 0 Å². The Hall–Kier alpha value is -3.51. The van der Waals surface area contributed by atoms with Gasteiger partial charge in [0.2, 0.25) is 0 Å². The normalized spacial score (nSPS) is 10.9. The number of benzene rings is 2. The van der Waals surface area contributed by atoms with Crippen LogP contribution in [0.2, 0.25) is 5.02 Å². The molecule has 2 aromatic carbocycles. The summed E-state index contributed by atoms with van der Waals surface area (Å²) in [6.07, 6.45) is 3.16. The van der Waals surface area contributed by atoms with Gasteiger partial charge >= 0.3 is 0 Å². The Labute approximate surface area is 178 Å². The number of halogens is 1. The molecule has 0 radical (unpaired) electrons. The zero-order chi connectivity index (χ0) is 21.1. The van der Waals surface area contributed by atoms with E-state index in [1.807, 2.05) is 28.8 Å². The Kier molecular flexibility index (Phi) is 5.59. The van der Waals surface area contributed by atoms with Crippen molar-refractivity contribution in [1.82, 2.24) is 19.4 Å². The summed E-state index contributed by atoms with van der Waals surface area (Å²) in [5, 5.41) is 0.579. The molecule has 7 heteroatoms. The second-order valence-corrected chi connectivity index (χ2v) is 7.37. The number of nitrogens with zero attached hydrogens (tertiary/aromatic N) is 4. The molecule has 0 bridgehead atoms. The Balaban J connectivity index is 1.64. The summed E-state index contributed by atoms with van der Waals surface area (Å²) in [7, 11) is 1.71. The van der Waals surface area contributed by atoms with Gasteiger partial charge in [0.15, 0.2) is 5.78 Å². The molecule has 4 rings (SSSR count). The molecule has 30 heavy (non-hydrogen) atoms. The smallest absolute Gasteiger partial charge is 0.255 e. The number of carbonyl (C=O) groups is 2. The van der Waals surface area contributed by atoms with Crippen molar-refractivity contribution >= 4 is 34.3 Å². The first-order chi connectivity index (χ1) is 14.5. The SMILES string of the molecule is CN(Cc1nc2ccccc2n1CC(=O)c1ccc(Cl)cc1)C(=O)c1cccnc1. The fourth-order valence-corrected chi connectivity index (χ4v) is 3.41. The zero-order valence-corrected chi connectivity index (χ0v) is 17.1. The van der Waals surface area contributed by atoms with Gasteiger partial charge in [-0.3, -0.25) is 14.6 Å². The number of ketones is 1. The molecule has 0 spiro atoms. The van der Waals surface area contributed by atoms with Gasteiger partial charge < -0.3 is 9.47 Å². The molecule has 0 fully saturated rings. The molecule has 0 saturated carbocycles. The highest BCUT2D eigenvalue weighted by Crippen LogP contribution is 2.19. The number of hydrogen-bond donors (Lipinski definition) is 0. The van der Waals surface area contributed by atoms with Crippen LogP contribution in [0.15, 0.2) is 73.1 Å². The third-order valence-electron chi connectivity index (χ3n) is 4.84. The van der Waals surface area contributed by atoms with Crippen molar-refractivity contribution in [2.75, 3.05) is 7.05 Å². The second-order valence-electron chi connectivity index (χ2n) is 6.94. The molecular formula is C23H19ClN4O2. The Morgan fingerprint density at radius 3 is 2.50 bits per heavy atom. The summed E-state index contributed by atoms with van der Waals surface area (Å²) in [6, 6.07) is 17.9. The third-order valence-corrected chi connectivity index (χ3v) is 5.09. The first-order valence-corrected chi connectivity index (χ1v) is 9.79. The zero-order valence-electron chi connectivity index (χ0n) is 16.3. The maximum absolute atomic E-state index is 12.9. The molecule has 0 aliphatic heterocycles. The molecule has 0 saturated heterocycles. The number of aromatic nitrogens is 3. The Morgan fingerprint density at radius 1 is 1.00 bits per heavy atom. The summed E-state index contributed by atoms with van der Waals surface area (Å²) in [4.78, 5) is 35.8. The number of carbonyl (C=O) groups excluding carboxylic acids is 2. The summed E-state index contributed by atoms with van der Waals surface area (Å²) < 4.78 is 1.86. The minimum atomic E-state index is -0.161. The number of hydrogen-bond acceptors (Lipinski definition) is 4. The fraction of sp³-hybridized carbons (Fsp3) is 0.130. The van der Waals surface area contributed by atoms with Gasteiger partial charge in [0.05, 0.1) is 29.7 Å². The first-order valence-electron chi connectivity index (χ1n) is 9.41. The first kappa shape index (κ1) is 19.8. The van der Waals surface area contributed by atoms with Gasteiger partial charge in [-0.2, -0.15) is 0 Å². The lowest BCUT2D eigenvalue weighted by molar-refractivity contribution is 0.0780. The maximum atomic E-state index is 12.9. The number of rotatable bonds is 6. The molecule has 0 atom stereocenters. The predicted octanol–water partition coefficient (Wildman–Crippen LogP) is 4.24. The standard InChI is InChI=1S/C23H19ClN4O2/c1-27(23(30)17-5-4-12-25-13-17)15-22-26-19-6-2-3-7-20(19)28(22)14-21(29)16-8-10-18(24)11-9-16/h2-13H,14-15H2,1H3.